The maximum absolute atomic E-state index is 13.4. The van der Waals surface area contributed by atoms with Crippen molar-refractivity contribution in [3.05, 3.63) is 59.2 Å². The lowest BCUT2D eigenvalue weighted by Gasteiger charge is -2.03. The molecule has 0 bridgehead atoms. The van der Waals surface area contributed by atoms with Crippen molar-refractivity contribution in [2.75, 3.05) is 6.54 Å². The number of nitrogens with zero attached hydrogens (tertiary/aromatic N) is 2. The van der Waals surface area contributed by atoms with Crippen molar-refractivity contribution >= 4 is 0 Å². The summed E-state index contributed by atoms with van der Waals surface area (Å²) in [6.07, 6.45) is 4.31. The zero-order valence-electron chi connectivity index (χ0n) is 9.74. The van der Waals surface area contributed by atoms with E-state index >= 15 is 0 Å². The van der Waals surface area contributed by atoms with Gasteiger partial charge in [-0.3, -0.25) is 0 Å². The number of nitrogens with two attached hydrogens (primary N) is 1. The number of rotatable bonds is 4. The van der Waals surface area contributed by atoms with Crippen LogP contribution in [0.5, 0.6) is 0 Å². The minimum Gasteiger partial charge on any atom is -0.330 e. The molecule has 0 aliphatic heterocycles. The Morgan fingerprint density at radius 3 is 2.44 bits per heavy atom. The second-order valence-electron chi connectivity index (χ2n) is 3.96. The van der Waals surface area contributed by atoms with E-state index in [1.165, 1.54) is 12.1 Å². The highest BCUT2D eigenvalue weighted by Crippen LogP contribution is 2.12. The average molecular weight is 249 g/mol. The summed E-state index contributed by atoms with van der Waals surface area (Å²) >= 11 is 0. The van der Waals surface area contributed by atoms with Gasteiger partial charge in [0.1, 0.15) is 17.5 Å². The highest BCUT2D eigenvalue weighted by Gasteiger charge is 2.06. The van der Waals surface area contributed by atoms with Gasteiger partial charge >= 0.3 is 0 Å². The fraction of sp³-hybridized carbons (Fsp3) is 0.231. The fourth-order valence-electron chi connectivity index (χ4n) is 1.60. The average Bonchev–Trinajstić information content (AvgIpc) is 2.35. The predicted molar refractivity (Wildman–Crippen MR) is 64.0 cm³/mol. The van der Waals surface area contributed by atoms with Gasteiger partial charge in [0, 0.05) is 24.9 Å². The van der Waals surface area contributed by atoms with Crippen LogP contribution in [0, 0.1) is 11.6 Å². The Kier molecular flexibility index (Phi) is 3.94. The third-order valence-electron chi connectivity index (χ3n) is 2.56. The van der Waals surface area contributed by atoms with Crippen molar-refractivity contribution in [3.63, 3.8) is 0 Å². The van der Waals surface area contributed by atoms with Crippen LogP contribution >= 0.6 is 0 Å². The van der Waals surface area contributed by atoms with Gasteiger partial charge in [-0.05, 0) is 30.2 Å². The van der Waals surface area contributed by atoms with Crippen LogP contribution in [-0.4, -0.2) is 16.5 Å². The minimum atomic E-state index is -0.588. The SMILES string of the molecule is NCCc1cnc(Cc2ccc(F)cc2F)nc1. The van der Waals surface area contributed by atoms with E-state index in [1.807, 2.05) is 0 Å². The lowest BCUT2D eigenvalue weighted by atomic mass is 10.1. The molecule has 0 radical (unpaired) electrons. The van der Waals surface area contributed by atoms with Crippen molar-refractivity contribution in [2.24, 2.45) is 5.73 Å². The van der Waals surface area contributed by atoms with Crippen LogP contribution in [0.3, 0.4) is 0 Å². The van der Waals surface area contributed by atoms with Crippen molar-refractivity contribution in [3.8, 4) is 0 Å². The molecule has 2 rings (SSSR count). The van der Waals surface area contributed by atoms with Crippen molar-refractivity contribution in [1.82, 2.24) is 9.97 Å². The molecule has 0 amide bonds. The Bertz CT molecular complexity index is 526. The molecule has 0 saturated heterocycles. The molecule has 2 aromatic rings. The van der Waals surface area contributed by atoms with Crippen LogP contribution < -0.4 is 5.73 Å². The summed E-state index contributed by atoms with van der Waals surface area (Å²) in [5.41, 5.74) is 6.74. The first-order valence-electron chi connectivity index (χ1n) is 5.63. The maximum Gasteiger partial charge on any atom is 0.132 e. The summed E-state index contributed by atoms with van der Waals surface area (Å²) < 4.78 is 26.2. The van der Waals surface area contributed by atoms with E-state index in [4.69, 9.17) is 5.73 Å². The van der Waals surface area contributed by atoms with Crippen LogP contribution in [0.25, 0.3) is 0 Å². The lowest BCUT2D eigenvalue weighted by molar-refractivity contribution is 0.573. The van der Waals surface area contributed by atoms with Crippen LogP contribution in [0.15, 0.2) is 30.6 Å². The van der Waals surface area contributed by atoms with E-state index in [1.54, 1.807) is 12.4 Å². The third-order valence-corrected chi connectivity index (χ3v) is 2.56. The molecule has 0 spiro atoms. The van der Waals surface area contributed by atoms with Gasteiger partial charge < -0.3 is 5.73 Å². The second-order valence-corrected chi connectivity index (χ2v) is 3.96. The van der Waals surface area contributed by atoms with Gasteiger partial charge in [0.15, 0.2) is 0 Å². The Morgan fingerprint density at radius 1 is 1.11 bits per heavy atom. The van der Waals surface area contributed by atoms with E-state index < -0.39 is 11.6 Å². The number of aromatic nitrogens is 2. The minimum absolute atomic E-state index is 0.245. The quantitative estimate of drug-likeness (QED) is 0.899. The van der Waals surface area contributed by atoms with Gasteiger partial charge in [-0.2, -0.15) is 0 Å². The van der Waals surface area contributed by atoms with E-state index in [-0.39, 0.29) is 6.42 Å². The van der Waals surface area contributed by atoms with Gasteiger partial charge in [-0.1, -0.05) is 6.07 Å². The van der Waals surface area contributed by atoms with E-state index in [0.29, 0.717) is 24.4 Å². The Labute approximate surface area is 104 Å². The molecular weight excluding hydrogens is 236 g/mol. The maximum atomic E-state index is 13.4. The van der Waals surface area contributed by atoms with Crippen molar-refractivity contribution < 1.29 is 8.78 Å². The molecule has 1 heterocycles. The summed E-state index contributed by atoms with van der Waals surface area (Å²) in [6, 6.07) is 3.49. The summed E-state index contributed by atoms with van der Waals surface area (Å²) in [6.45, 7) is 0.537. The molecule has 94 valence electrons. The van der Waals surface area contributed by atoms with Gasteiger partial charge in [0.05, 0.1) is 0 Å². The molecule has 18 heavy (non-hydrogen) atoms. The molecule has 0 unspecified atom stereocenters. The van der Waals surface area contributed by atoms with Gasteiger partial charge in [0.2, 0.25) is 0 Å². The normalized spacial score (nSPS) is 10.6. The van der Waals surface area contributed by atoms with E-state index in [9.17, 15) is 8.78 Å². The molecule has 5 heteroatoms. The third kappa shape index (κ3) is 3.07. The zero-order valence-corrected chi connectivity index (χ0v) is 9.74. The molecular formula is C13H13F2N3. The number of hydrogen-bond donors (Lipinski definition) is 1. The standard InChI is InChI=1S/C13H13F2N3/c14-11-2-1-10(12(15)6-11)5-13-17-7-9(3-4-16)8-18-13/h1-2,6-8H,3-5,16H2. The van der Waals surface area contributed by atoms with Crippen LogP contribution in [0.1, 0.15) is 17.0 Å². The molecule has 1 aromatic heterocycles. The molecule has 2 N–H and O–H groups in total. The molecule has 1 aromatic carbocycles. The van der Waals surface area contributed by atoms with Crippen LogP contribution in [0.4, 0.5) is 8.78 Å². The van der Waals surface area contributed by atoms with Gasteiger partial charge in [-0.25, -0.2) is 18.7 Å². The predicted octanol–water partition coefficient (Wildman–Crippen LogP) is 1.85. The summed E-state index contributed by atoms with van der Waals surface area (Å²) in [7, 11) is 0. The van der Waals surface area contributed by atoms with Crippen molar-refractivity contribution in [1.29, 1.82) is 0 Å². The second kappa shape index (κ2) is 5.64. The largest absolute Gasteiger partial charge is 0.330 e. The summed E-state index contributed by atoms with van der Waals surface area (Å²) in [5, 5.41) is 0. The summed E-state index contributed by atoms with van der Waals surface area (Å²) in [4.78, 5) is 8.26. The fourth-order valence-corrected chi connectivity index (χ4v) is 1.60. The molecule has 0 saturated carbocycles. The molecule has 0 atom stereocenters. The highest BCUT2D eigenvalue weighted by atomic mass is 19.1. The topological polar surface area (TPSA) is 51.8 Å². The Hall–Kier alpha value is -1.88. The van der Waals surface area contributed by atoms with Crippen LogP contribution in [-0.2, 0) is 12.8 Å². The zero-order chi connectivity index (χ0) is 13.0. The molecule has 0 aliphatic carbocycles. The van der Waals surface area contributed by atoms with Crippen molar-refractivity contribution in [2.45, 2.75) is 12.8 Å². The highest BCUT2D eigenvalue weighted by molar-refractivity contribution is 5.22. The monoisotopic (exact) mass is 249 g/mol. The van der Waals surface area contributed by atoms with Gasteiger partial charge in [0.25, 0.3) is 0 Å². The van der Waals surface area contributed by atoms with Gasteiger partial charge in [-0.15, -0.1) is 0 Å². The molecule has 3 nitrogen and oxygen atoms in total. The smallest absolute Gasteiger partial charge is 0.132 e. The first-order chi connectivity index (χ1) is 8.69. The van der Waals surface area contributed by atoms with E-state index in [2.05, 4.69) is 9.97 Å². The lowest BCUT2D eigenvalue weighted by Crippen LogP contribution is -2.05. The Balaban J connectivity index is 2.13. The molecule has 0 fully saturated rings. The first kappa shape index (κ1) is 12.6. The number of halogens is 2. The van der Waals surface area contributed by atoms with Crippen LogP contribution in [0.2, 0.25) is 0 Å². The Morgan fingerprint density at radius 2 is 1.83 bits per heavy atom. The van der Waals surface area contributed by atoms with E-state index in [0.717, 1.165) is 11.6 Å². The summed E-state index contributed by atoms with van der Waals surface area (Å²) in [5.74, 6) is -0.665. The first-order valence-corrected chi connectivity index (χ1v) is 5.63. The number of benzene rings is 1. The molecule has 0 aliphatic rings. The number of hydrogen-bond acceptors (Lipinski definition) is 3.